The molecular formula is C34H33ClN4OS. The molecule has 0 amide bonds. The Morgan fingerprint density at radius 3 is 2.41 bits per heavy atom. The molecule has 6 rings (SSSR count). The fourth-order valence-corrected chi connectivity index (χ4v) is 6.45. The van der Waals surface area contributed by atoms with Crippen LogP contribution in [0.1, 0.15) is 55.2 Å². The Kier molecular flexibility index (Phi) is 7.00. The highest BCUT2D eigenvalue weighted by Crippen LogP contribution is 2.48. The monoisotopic (exact) mass is 580 g/mol. The third-order valence-electron chi connectivity index (χ3n) is 8.19. The van der Waals surface area contributed by atoms with Crippen LogP contribution in [-0.4, -0.2) is 22.7 Å². The summed E-state index contributed by atoms with van der Waals surface area (Å²) in [5.41, 5.74) is 7.34. The zero-order chi connectivity index (χ0) is 28.9. The smallest absolute Gasteiger partial charge is 0.174 e. The highest BCUT2D eigenvalue weighted by atomic mass is 35.5. The second-order valence-corrected chi connectivity index (χ2v) is 12.1. The quantitative estimate of drug-likeness (QED) is 0.238. The number of aryl methyl sites for hydroxylation is 1. The molecule has 2 aliphatic heterocycles. The zero-order valence-corrected chi connectivity index (χ0v) is 25.4. The van der Waals surface area contributed by atoms with Gasteiger partial charge in [0.1, 0.15) is 11.5 Å². The van der Waals surface area contributed by atoms with Crippen molar-refractivity contribution in [3.63, 3.8) is 0 Å². The molecule has 0 spiro atoms. The Balaban J connectivity index is 1.43. The number of hydrogen-bond donors (Lipinski definition) is 1. The molecule has 5 nitrogen and oxygen atoms in total. The van der Waals surface area contributed by atoms with Crippen molar-refractivity contribution in [2.45, 2.75) is 45.3 Å². The van der Waals surface area contributed by atoms with E-state index in [0.717, 1.165) is 39.7 Å². The van der Waals surface area contributed by atoms with Crippen LogP contribution in [0.4, 0.5) is 11.4 Å². The molecule has 7 heteroatoms. The van der Waals surface area contributed by atoms with E-state index in [2.05, 4.69) is 61.1 Å². The molecule has 1 saturated heterocycles. The molecule has 208 valence electrons. The minimum absolute atomic E-state index is 0.108. The van der Waals surface area contributed by atoms with Gasteiger partial charge in [0, 0.05) is 35.2 Å². The molecular weight excluding hydrogens is 548 g/mol. The van der Waals surface area contributed by atoms with E-state index >= 15 is 0 Å². The number of rotatable bonds is 5. The van der Waals surface area contributed by atoms with Gasteiger partial charge in [0.05, 0.1) is 23.3 Å². The first-order valence-electron chi connectivity index (χ1n) is 13.8. The van der Waals surface area contributed by atoms with E-state index in [-0.39, 0.29) is 17.6 Å². The van der Waals surface area contributed by atoms with Crippen LogP contribution in [0.15, 0.2) is 91.1 Å². The summed E-state index contributed by atoms with van der Waals surface area (Å²) in [4.78, 5) is 9.13. The summed E-state index contributed by atoms with van der Waals surface area (Å²) < 4.78 is 6.17. The van der Waals surface area contributed by atoms with Crippen molar-refractivity contribution in [3.05, 3.63) is 119 Å². The van der Waals surface area contributed by atoms with Gasteiger partial charge < -0.3 is 19.9 Å². The molecule has 0 radical (unpaired) electrons. The second kappa shape index (κ2) is 10.5. The van der Waals surface area contributed by atoms with Crippen molar-refractivity contribution < 1.29 is 4.74 Å². The number of thiocarbonyl (C=S) groups is 1. The second-order valence-electron chi connectivity index (χ2n) is 11.3. The zero-order valence-electron chi connectivity index (χ0n) is 23.9. The van der Waals surface area contributed by atoms with Gasteiger partial charge in [0.15, 0.2) is 5.11 Å². The molecule has 0 bridgehead atoms. The first-order valence-corrected chi connectivity index (χ1v) is 14.5. The highest BCUT2D eigenvalue weighted by Gasteiger charge is 2.42. The fraction of sp³-hybridized carbons (Fsp3) is 0.235. The van der Waals surface area contributed by atoms with Gasteiger partial charge in [-0.05, 0) is 111 Å². The summed E-state index contributed by atoms with van der Waals surface area (Å²) in [7, 11) is 2.12. The van der Waals surface area contributed by atoms with Crippen LogP contribution < -0.4 is 19.9 Å². The first-order chi connectivity index (χ1) is 19.6. The summed E-state index contributed by atoms with van der Waals surface area (Å²) in [5, 5.41) is 4.87. The average molecular weight is 581 g/mol. The fourth-order valence-electron chi connectivity index (χ4n) is 5.84. The maximum absolute atomic E-state index is 7.15. The third kappa shape index (κ3) is 4.96. The number of likely N-dealkylation sites (N-methyl/N-ethyl adjacent to an activating group) is 1. The lowest BCUT2D eigenvalue weighted by Crippen LogP contribution is -2.42. The third-order valence-corrected chi connectivity index (χ3v) is 8.83. The molecule has 1 fully saturated rings. The van der Waals surface area contributed by atoms with E-state index in [1.54, 1.807) is 0 Å². The van der Waals surface area contributed by atoms with Crippen LogP contribution in [0.2, 0.25) is 5.02 Å². The number of halogens is 1. The van der Waals surface area contributed by atoms with Crippen molar-refractivity contribution in [2.24, 2.45) is 0 Å². The molecule has 0 aliphatic carbocycles. The Labute approximate surface area is 252 Å². The normalized spacial score (nSPS) is 19.5. The maximum Gasteiger partial charge on any atom is 0.174 e. The largest absolute Gasteiger partial charge is 0.457 e. The number of nitrogens with one attached hydrogen (secondary N) is 1. The summed E-state index contributed by atoms with van der Waals surface area (Å²) in [6, 6.07) is 25.9. The van der Waals surface area contributed by atoms with Crippen molar-refractivity contribution in [1.82, 2.24) is 10.3 Å². The van der Waals surface area contributed by atoms with Gasteiger partial charge >= 0.3 is 0 Å². The Morgan fingerprint density at radius 2 is 1.71 bits per heavy atom. The number of ether oxygens (including phenoxy) is 1. The lowest BCUT2D eigenvalue weighted by Gasteiger charge is -2.41. The Bertz CT molecular complexity index is 1650. The van der Waals surface area contributed by atoms with Gasteiger partial charge in [-0.25, -0.2) is 0 Å². The van der Waals surface area contributed by atoms with Crippen LogP contribution >= 0.6 is 23.8 Å². The summed E-state index contributed by atoms with van der Waals surface area (Å²) in [6.45, 7) is 8.64. The first kappa shape index (κ1) is 27.3. The molecule has 2 atom stereocenters. The number of fused-ring (bicyclic) bond motifs is 1. The number of aromatic nitrogens is 1. The lowest BCUT2D eigenvalue weighted by molar-refractivity contribution is 0.479. The Morgan fingerprint density at radius 1 is 0.976 bits per heavy atom. The molecule has 0 saturated carbocycles. The summed E-state index contributed by atoms with van der Waals surface area (Å²) in [6.07, 6.45) is 4.13. The van der Waals surface area contributed by atoms with E-state index in [1.807, 2.05) is 79.9 Å². The standard InChI is InChI=1S/C34H33ClN4OS/c1-21-10-6-7-12-30(21)40-24-15-13-23(14-16-24)39-32(31(37-33(39)41)28-11-8-9-17-36-28)26-18-25-22(2)20-34(3,4)38(5)29(25)19-27(26)35/h6-20,31-32H,1-5H3,(H,37,41)/t31-,32+/m0/s1. The van der Waals surface area contributed by atoms with Crippen LogP contribution in [0.25, 0.3) is 5.57 Å². The van der Waals surface area contributed by atoms with E-state index in [0.29, 0.717) is 10.1 Å². The molecule has 1 aromatic heterocycles. The SMILES string of the molecule is CC1=CC(C)(C)N(C)c2cc(Cl)c([C@@H]3[C@H](c4ccccn4)NC(=S)N3c3ccc(Oc4ccccc4C)cc3)cc21. The average Bonchev–Trinajstić information content (AvgIpc) is 3.30. The van der Waals surface area contributed by atoms with Crippen LogP contribution in [0, 0.1) is 6.92 Å². The number of hydrogen-bond acceptors (Lipinski definition) is 4. The van der Waals surface area contributed by atoms with Gasteiger partial charge in [-0.2, -0.15) is 0 Å². The summed E-state index contributed by atoms with van der Waals surface area (Å²) in [5.74, 6) is 1.60. The highest BCUT2D eigenvalue weighted by molar-refractivity contribution is 7.80. The van der Waals surface area contributed by atoms with Gasteiger partial charge in [-0.3, -0.25) is 4.98 Å². The minimum atomic E-state index is -0.216. The number of pyridine rings is 1. The maximum atomic E-state index is 7.15. The van der Waals surface area contributed by atoms with E-state index in [9.17, 15) is 0 Å². The topological polar surface area (TPSA) is 40.6 Å². The number of nitrogens with zero attached hydrogens (tertiary/aromatic N) is 3. The van der Waals surface area contributed by atoms with Gasteiger partial charge in [0.2, 0.25) is 0 Å². The van der Waals surface area contributed by atoms with Crippen molar-refractivity contribution in [2.75, 3.05) is 16.8 Å². The molecule has 3 heterocycles. The molecule has 41 heavy (non-hydrogen) atoms. The number of para-hydroxylation sites is 1. The molecule has 2 aliphatic rings. The van der Waals surface area contributed by atoms with Crippen LogP contribution in [-0.2, 0) is 0 Å². The van der Waals surface area contributed by atoms with Gasteiger partial charge in [0.25, 0.3) is 0 Å². The van der Waals surface area contributed by atoms with Crippen molar-refractivity contribution >= 4 is 45.9 Å². The number of allylic oxidation sites excluding steroid dienone is 1. The van der Waals surface area contributed by atoms with Gasteiger partial charge in [-0.15, -0.1) is 0 Å². The number of anilines is 2. The van der Waals surface area contributed by atoms with Crippen LogP contribution in [0.5, 0.6) is 11.5 Å². The van der Waals surface area contributed by atoms with Crippen molar-refractivity contribution in [1.29, 1.82) is 0 Å². The van der Waals surface area contributed by atoms with Crippen molar-refractivity contribution in [3.8, 4) is 11.5 Å². The van der Waals surface area contributed by atoms with Crippen LogP contribution in [0.3, 0.4) is 0 Å². The van der Waals surface area contributed by atoms with Gasteiger partial charge in [-0.1, -0.05) is 41.9 Å². The Hall–Kier alpha value is -3.87. The molecule has 3 aromatic carbocycles. The molecule has 1 N–H and O–H groups in total. The van der Waals surface area contributed by atoms with E-state index in [4.69, 9.17) is 33.5 Å². The molecule has 0 unspecified atom stereocenters. The van der Waals surface area contributed by atoms with E-state index in [1.165, 1.54) is 11.1 Å². The predicted molar refractivity (Wildman–Crippen MR) is 173 cm³/mol. The van der Waals surface area contributed by atoms with E-state index < -0.39 is 0 Å². The number of benzene rings is 3. The minimum Gasteiger partial charge on any atom is -0.457 e. The lowest BCUT2D eigenvalue weighted by atomic mass is 9.86. The molecule has 4 aromatic rings. The predicted octanol–water partition coefficient (Wildman–Crippen LogP) is 8.64. The summed E-state index contributed by atoms with van der Waals surface area (Å²) >= 11 is 13.1.